The lowest BCUT2D eigenvalue weighted by atomic mass is 9.72. The van der Waals surface area contributed by atoms with E-state index in [4.69, 9.17) is 0 Å². The second-order valence-corrected chi connectivity index (χ2v) is 13.0. The van der Waals surface area contributed by atoms with Crippen LogP contribution in [-0.4, -0.2) is 18.0 Å². The van der Waals surface area contributed by atoms with Crippen molar-refractivity contribution >= 4 is 0 Å². The van der Waals surface area contributed by atoms with Crippen molar-refractivity contribution in [2.75, 3.05) is 0 Å². The first kappa shape index (κ1) is 32.7. The second kappa shape index (κ2) is 14.0. The van der Waals surface area contributed by atoms with Crippen molar-refractivity contribution in [1.29, 1.82) is 0 Å². The molecule has 3 fully saturated rings. The summed E-state index contributed by atoms with van der Waals surface area (Å²) in [7, 11) is 0. The first-order chi connectivity index (χ1) is 16.0. The molecule has 210 valence electrons. The number of rotatable bonds is 3. The van der Waals surface area contributed by atoms with Crippen LogP contribution in [0.4, 0.5) is 22.0 Å². The molecule has 0 spiro atoms. The molecule has 0 saturated heterocycles. The fourth-order valence-electron chi connectivity index (χ4n) is 7.12. The maximum absolute atomic E-state index is 13.4. The number of alkyl halides is 5. The van der Waals surface area contributed by atoms with Gasteiger partial charge in [0.05, 0.1) is 0 Å². The first-order valence-corrected chi connectivity index (χ1v) is 14.4. The van der Waals surface area contributed by atoms with Gasteiger partial charge >= 0.3 is 0 Å². The van der Waals surface area contributed by atoms with Crippen molar-refractivity contribution in [2.24, 2.45) is 53.3 Å². The average molecular weight is 511 g/mol. The van der Waals surface area contributed by atoms with E-state index in [1.54, 1.807) is 6.92 Å². The molecule has 3 aliphatic rings. The van der Waals surface area contributed by atoms with E-state index in [0.717, 1.165) is 25.7 Å². The van der Waals surface area contributed by atoms with Crippen LogP contribution in [0.2, 0.25) is 0 Å². The van der Waals surface area contributed by atoms with Gasteiger partial charge in [-0.05, 0) is 73.5 Å². The van der Waals surface area contributed by atoms with Crippen molar-refractivity contribution in [2.45, 2.75) is 138 Å². The Morgan fingerprint density at radius 3 is 1.49 bits per heavy atom. The Balaban J connectivity index is 0.000000263. The quantitative estimate of drug-likeness (QED) is 0.331. The molecule has 0 aromatic carbocycles. The molecular weight excluding hydrogens is 455 g/mol. The molecule has 3 saturated carbocycles. The van der Waals surface area contributed by atoms with Crippen LogP contribution in [-0.2, 0) is 0 Å². The largest absolute Gasteiger partial charge is 0.251 e. The lowest BCUT2D eigenvalue weighted by Crippen LogP contribution is -2.40. The van der Waals surface area contributed by atoms with Gasteiger partial charge in [-0.3, -0.25) is 0 Å². The van der Waals surface area contributed by atoms with Crippen molar-refractivity contribution in [3.63, 3.8) is 0 Å². The van der Waals surface area contributed by atoms with Gasteiger partial charge in [0.1, 0.15) is 6.17 Å². The number of hydrogen-bond donors (Lipinski definition) is 0. The molecule has 0 unspecified atom stereocenters. The molecule has 0 heterocycles. The third-order valence-corrected chi connectivity index (χ3v) is 9.32. The molecule has 0 amide bonds. The van der Waals surface area contributed by atoms with Gasteiger partial charge in [0, 0.05) is 24.7 Å². The van der Waals surface area contributed by atoms with Crippen LogP contribution in [0, 0.1) is 53.3 Å². The Hall–Kier alpha value is -0.350. The smallest absolute Gasteiger partial charge is 0.247 e. The van der Waals surface area contributed by atoms with Crippen LogP contribution >= 0.6 is 0 Å². The summed E-state index contributed by atoms with van der Waals surface area (Å²) in [6.45, 7) is 18.0. The number of hydrogen-bond acceptors (Lipinski definition) is 0. The zero-order chi connectivity index (χ0) is 27.1. The Bertz CT molecular complexity index is 585. The van der Waals surface area contributed by atoms with Gasteiger partial charge in [0.25, 0.3) is 11.8 Å². The van der Waals surface area contributed by atoms with E-state index in [-0.39, 0.29) is 30.6 Å². The van der Waals surface area contributed by atoms with E-state index in [9.17, 15) is 22.0 Å². The standard InChI is InChI=1S/2C10H18F2.C10H19F/c1-7(2)9-5-4-6-10(11,12)8(9)3;1-7(2)9-8(3)5-4-6-10(9,11)12;1-7(2)9-5-4-6-10(11)8(9)3/h2*7-9H,4-6H2,1-3H3;7-10H,4-6H2,1-3H3/t8-,9+;8-,9-;8-,9+,10-/m101/s1. The third-order valence-electron chi connectivity index (χ3n) is 9.32. The minimum atomic E-state index is -2.41. The highest BCUT2D eigenvalue weighted by Crippen LogP contribution is 2.46. The fourth-order valence-corrected chi connectivity index (χ4v) is 7.12. The van der Waals surface area contributed by atoms with E-state index < -0.39 is 29.9 Å². The average Bonchev–Trinajstić information content (AvgIpc) is 2.71. The highest BCUT2D eigenvalue weighted by molar-refractivity contribution is 4.88. The molecule has 35 heavy (non-hydrogen) atoms. The van der Waals surface area contributed by atoms with E-state index >= 15 is 0 Å². The van der Waals surface area contributed by atoms with Gasteiger partial charge in [-0.2, -0.15) is 0 Å². The molecular formula is C30H55F5. The van der Waals surface area contributed by atoms with Gasteiger partial charge in [0.15, 0.2) is 0 Å². The SMILES string of the molecule is CC(C)[C@@H]1CCCC(F)(F)[C@@H]1C.CC(C)[C@@H]1CCC[C@@H](F)[C@@H]1C.CC(C)[C@H]1[C@@H](C)CCCC1(F)F. The molecule has 3 rings (SSSR count). The maximum Gasteiger partial charge on any atom is 0.251 e. The highest BCUT2D eigenvalue weighted by atomic mass is 19.3. The summed E-state index contributed by atoms with van der Waals surface area (Å²) in [6, 6.07) is 0. The summed E-state index contributed by atoms with van der Waals surface area (Å²) >= 11 is 0. The lowest BCUT2D eigenvalue weighted by Gasteiger charge is -2.38. The van der Waals surface area contributed by atoms with Crippen LogP contribution in [0.1, 0.15) is 120 Å². The molecule has 0 aromatic rings. The minimum absolute atomic E-state index is 0.0946. The van der Waals surface area contributed by atoms with E-state index in [0.29, 0.717) is 36.5 Å². The van der Waals surface area contributed by atoms with Crippen molar-refractivity contribution in [1.82, 2.24) is 0 Å². The molecule has 0 radical (unpaired) electrons. The molecule has 0 aromatic heterocycles. The summed E-state index contributed by atoms with van der Waals surface area (Å²) in [5.41, 5.74) is 0. The van der Waals surface area contributed by atoms with Crippen LogP contribution in [0.15, 0.2) is 0 Å². The van der Waals surface area contributed by atoms with Gasteiger partial charge < -0.3 is 0 Å². The van der Waals surface area contributed by atoms with Crippen LogP contribution < -0.4 is 0 Å². The molecule has 7 atom stereocenters. The molecule has 0 N–H and O–H groups in total. The Morgan fingerprint density at radius 1 is 0.600 bits per heavy atom. The monoisotopic (exact) mass is 510 g/mol. The minimum Gasteiger partial charge on any atom is -0.247 e. The molecule has 3 aliphatic carbocycles. The number of halogens is 5. The van der Waals surface area contributed by atoms with Crippen molar-refractivity contribution in [3.8, 4) is 0 Å². The summed E-state index contributed by atoms with van der Waals surface area (Å²) in [5, 5.41) is 0. The first-order valence-electron chi connectivity index (χ1n) is 14.4. The zero-order valence-electron chi connectivity index (χ0n) is 24.0. The Kier molecular flexibility index (Phi) is 13.1. The van der Waals surface area contributed by atoms with E-state index in [1.165, 1.54) is 6.42 Å². The lowest BCUT2D eigenvalue weighted by molar-refractivity contribution is -0.122. The predicted octanol–water partition coefficient (Wildman–Crippen LogP) is 10.8. The van der Waals surface area contributed by atoms with E-state index in [1.807, 2.05) is 34.6 Å². The normalized spacial score (nSPS) is 36.8. The van der Waals surface area contributed by atoms with Crippen LogP contribution in [0.25, 0.3) is 0 Å². The second-order valence-electron chi connectivity index (χ2n) is 13.0. The van der Waals surface area contributed by atoms with Crippen molar-refractivity contribution in [3.05, 3.63) is 0 Å². The predicted molar refractivity (Wildman–Crippen MR) is 139 cm³/mol. The molecule has 0 aliphatic heterocycles. The molecule has 0 nitrogen and oxygen atoms in total. The summed E-state index contributed by atoms with van der Waals surface area (Å²) in [6.07, 6.45) is 6.12. The van der Waals surface area contributed by atoms with E-state index in [2.05, 4.69) is 20.8 Å². The Labute approximate surface area is 213 Å². The summed E-state index contributed by atoms with van der Waals surface area (Å²) in [4.78, 5) is 0. The van der Waals surface area contributed by atoms with Crippen LogP contribution in [0.5, 0.6) is 0 Å². The van der Waals surface area contributed by atoms with Gasteiger partial charge in [-0.15, -0.1) is 0 Å². The van der Waals surface area contributed by atoms with Gasteiger partial charge in [0.2, 0.25) is 0 Å². The zero-order valence-corrected chi connectivity index (χ0v) is 24.0. The third kappa shape index (κ3) is 9.47. The summed E-state index contributed by atoms with van der Waals surface area (Å²) in [5.74, 6) is -3.16. The molecule has 0 bridgehead atoms. The van der Waals surface area contributed by atoms with Gasteiger partial charge in [-0.25, -0.2) is 22.0 Å². The highest BCUT2D eigenvalue weighted by Gasteiger charge is 2.46. The van der Waals surface area contributed by atoms with Gasteiger partial charge in [-0.1, -0.05) is 75.2 Å². The molecule has 5 heteroatoms. The topological polar surface area (TPSA) is 0 Å². The Morgan fingerprint density at radius 2 is 1.09 bits per heavy atom. The van der Waals surface area contributed by atoms with Crippen molar-refractivity contribution < 1.29 is 22.0 Å². The summed E-state index contributed by atoms with van der Waals surface area (Å²) < 4.78 is 66.3. The van der Waals surface area contributed by atoms with Crippen LogP contribution in [0.3, 0.4) is 0 Å². The fraction of sp³-hybridized carbons (Fsp3) is 1.00. The maximum atomic E-state index is 13.4.